The van der Waals surface area contributed by atoms with Gasteiger partial charge >= 0.3 is 12.1 Å². The van der Waals surface area contributed by atoms with E-state index in [1.54, 1.807) is 0 Å². The molecule has 1 aromatic rings. The maximum absolute atomic E-state index is 11.8. The molecule has 0 aromatic heterocycles. The molecule has 0 bridgehead atoms. The van der Waals surface area contributed by atoms with Crippen molar-refractivity contribution in [2.75, 3.05) is 20.8 Å². The SMILES string of the molecule is COC[C@H](CC(=O)CC(=O)OC)NC(=O)OCc1ccccc1. The van der Waals surface area contributed by atoms with E-state index in [1.807, 2.05) is 30.3 Å². The van der Waals surface area contributed by atoms with Crippen LogP contribution in [0.2, 0.25) is 0 Å². The normalized spacial score (nSPS) is 11.4. The topological polar surface area (TPSA) is 90.9 Å². The summed E-state index contributed by atoms with van der Waals surface area (Å²) >= 11 is 0. The van der Waals surface area contributed by atoms with E-state index in [4.69, 9.17) is 9.47 Å². The average Bonchev–Trinajstić information content (AvgIpc) is 2.53. The Bertz CT molecular complexity index is 517. The fourth-order valence-corrected chi connectivity index (χ4v) is 1.86. The molecule has 0 fully saturated rings. The highest BCUT2D eigenvalue weighted by Gasteiger charge is 2.19. The summed E-state index contributed by atoms with van der Waals surface area (Å²) in [4.78, 5) is 34.5. The van der Waals surface area contributed by atoms with Gasteiger partial charge in [-0.2, -0.15) is 0 Å². The van der Waals surface area contributed by atoms with E-state index in [0.717, 1.165) is 5.56 Å². The summed E-state index contributed by atoms with van der Waals surface area (Å²) in [5, 5.41) is 2.55. The second-order valence-electron chi connectivity index (χ2n) is 4.85. The standard InChI is InChI=1S/C16H21NO6/c1-21-11-13(8-14(18)9-15(19)22-2)17-16(20)23-10-12-6-4-3-5-7-12/h3-7,13H,8-11H2,1-2H3,(H,17,20)/t13-/m0/s1. The molecule has 0 aliphatic rings. The Labute approximate surface area is 134 Å². The Balaban J connectivity index is 2.43. The summed E-state index contributed by atoms with van der Waals surface area (Å²) in [5.74, 6) is -0.958. The maximum atomic E-state index is 11.8. The molecule has 1 N–H and O–H groups in total. The van der Waals surface area contributed by atoms with Gasteiger partial charge in [-0.1, -0.05) is 30.3 Å². The number of carbonyl (C=O) groups is 3. The number of esters is 1. The van der Waals surface area contributed by atoms with Crippen molar-refractivity contribution in [3.63, 3.8) is 0 Å². The summed E-state index contributed by atoms with van der Waals surface area (Å²) in [6, 6.07) is 8.65. The fraction of sp³-hybridized carbons (Fsp3) is 0.438. The van der Waals surface area contributed by atoms with E-state index < -0.39 is 18.1 Å². The summed E-state index contributed by atoms with van der Waals surface area (Å²) in [5.41, 5.74) is 0.854. The van der Waals surface area contributed by atoms with Gasteiger partial charge in [0.2, 0.25) is 0 Å². The number of Topliss-reactive ketones (excluding diaryl/α,β-unsaturated/α-hetero) is 1. The lowest BCUT2D eigenvalue weighted by Gasteiger charge is -2.17. The highest BCUT2D eigenvalue weighted by molar-refractivity contribution is 5.95. The number of ketones is 1. The van der Waals surface area contributed by atoms with Gasteiger partial charge in [-0.05, 0) is 5.56 Å². The van der Waals surface area contributed by atoms with Crippen molar-refractivity contribution in [3.05, 3.63) is 35.9 Å². The lowest BCUT2D eigenvalue weighted by molar-refractivity contribution is -0.143. The zero-order valence-electron chi connectivity index (χ0n) is 13.2. The molecule has 0 radical (unpaired) electrons. The molecule has 1 aromatic carbocycles. The minimum atomic E-state index is -0.651. The van der Waals surface area contributed by atoms with Crippen molar-refractivity contribution in [3.8, 4) is 0 Å². The highest BCUT2D eigenvalue weighted by atomic mass is 16.5. The molecule has 23 heavy (non-hydrogen) atoms. The predicted octanol–water partition coefficient (Wildman–Crippen LogP) is 1.45. The molecule has 7 nitrogen and oxygen atoms in total. The van der Waals surface area contributed by atoms with Gasteiger partial charge in [-0.15, -0.1) is 0 Å². The molecule has 1 rings (SSSR count). The number of carbonyl (C=O) groups excluding carboxylic acids is 3. The van der Waals surface area contributed by atoms with Gasteiger partial charge in [0.25, 0.3) is 0 Å². The van der Waals surface area contributed by atoms with E-state index >= 15 is 0 Å². The van der Waals surface area contributed by atoms with Crippen LogP contribution >= 0.6 is 0 Å². The third-order valence-electron chi connectivity index (χ3n) is 2.95. The van der Waals surface area contributed by atoms with Gasteiger partial charge in [0.15, 0.2) is 0 Å². The van der Waals surface area contributed by atoms with Crippen LogP contribution in [-0.4, -0.2) is 44.7 Å². The molecule has 7 heteroatoms. The van der Waals surface area contributed by atoms with Gasteiger partial charge in [0.1, 0.15) is 18.8 Å². The molecule has 0 aliphatic heterocycles. The number of hydrogen-bond acceptors (Lipinski definition) is 6. The lowest BCUT2D eigenvalue weighted by atomic mass is 10.1. The number of rotatable bonds is 9. The molecule has 0 unspecified atom stereocenters. The highest BCUT2D eigenvalue weighted by Crippen LogP contribution is 2.03. The predicted molar refractivity (Wildman–Crippen MR) is 81.7 cm³/mol. The van der Waals surface area contributed by atoms with Gasteiger partial charge < -0.3 is 19.5 Å². The van der Waals surface area contributed by atoms with E-state index in [-0.39, 0.29) is 31.8 Å². The second kappa shape index (κ2) is 10.3. The molecule has 1 amide bonds. The van der Waals surface area contributed by atoms with E-state index in [1.165, 1.54) is 14.2 Å². The minimum Gasteiger partial charge on any atom is -0.469 e. The van der Waals surface area contributed by atoms with Gasteiger partial charge in [-0.3, -0.25) is 9.59 Å². The number of benzene rings is 1. The van der Waals surface area contributed by atoms with Crippen LogP contribution in [-0.2, 0) is 30.4 Å². The Morgan fingerprint density at radius 2 is 1.83 bits per heavy atom. The van der Waals surface area contributed by atoms with Crippen LogP contribution in [0.15, 0.2) is 30.3 Å². The molecular weight excluding hydrogens is 302 g/mol. The summed E-state index contributed by atoms with van der Waals surface area (Å²) in [6.45, 7) is 0.260. The van der Waals surface area contributed by atoms with Crippen LogP contribution in [0.3, 0.4) is 0 Å². The van der Waals surface area contributed by atoms with E-state index in [2.05, 4.69) is 10.1 Å². The first-order chi connectivity index (χ1) is 11.0. The van der Waals surface area contributed by atoms with Gasteiger partial charge in [-0.25, -0.2) is 4.79 Å². The van der Waals surface area contributed by atoms with Crippen molar-refractivity contribution in [1.29, 1.82) is 0 Å². The quantitative estimate of drug-likeness (QED) is 0.546. The largest absolute Gasteiger partial charge is 0.469 e. The Hall–Kier alpha value is -2.41. The van der Waals surface area contributed by atoms with Crippen LogP contribution in [0.4, 0.5) is 4.79 Å². The summed E-state index contributed by atoms with van der Waals surface area (Å²) < 4.78 is 14.5. The van der Waals surface area contributed by atoms with Crippen LogP contribution in [0.5, 0.6) is 0 Å². The average molecular weight is 323 g/mol. The van der Waals surface area contributed by atoms with Crippen LogP contribution in [0, 0.1) is 0 Å². The monoisotopic (exact) mass is 323 g/mol. The first-order valence-electron chi connectivity index (χ1n) is 7.09. The number of methoxy groups -OCH3 is 2. The minimum absolute atomic E-state index is 0.0383. The Kier molecular flexibility index (Phi) is 8.38. The van der Waals surface area contributed by atoms with Gasteiger partial charge in [0.05, 0.1) is 19.8 Å². The molecule has 1 atom stereocenters. The van der Waals surface area contributed by atoms with E-state index in [9.17, 15) is 14.4 Å². The van der Waals surface area contributed by atoms with Crippen molar-refractivity contribution >= 4 is 17.8 Å². The van der Waals surface area contributed by atoms with E-state index in [0.29, 0.717) is 0 Å². The molecule has 0 aliphatic carbocycles. The molecule has 0 saturated heterocycles. The van der Waals surface area contributed by atoms with Crippen LogP contribution in [0.25, 0.3) is 0 Å². The number of amides is 1. The number of hydrogen-bond donors (Lipinski definition) is 1. The summed E-state index contributed by atoms with van der Waals surface area (Å²) in [6.07, 6.45) is -1.03. The molecular formula is C16H21NO6. The first kappa shape index (κ1) is 18.6. The van der Waals surface area contributed by atoms with Crippen molar-refractivity contribution in [2.45, 2.75) is 25.5 Å². The third kappa shape index (κ3) is 7.96. The Morgan fingerprint density at radius 1 is 1.13 bits per heavy atom. The van der Waals surface area contributed by atoms with Crippen molar-refractivity contribution < 1.29 is 28.6 Å². The first-order valence-corrected chi connectivity index (χ1v) is 7.09. The fourth-order valence-electron chi connectivity index (χ4n) is 1.86. The number of nitrogens with one attached hydrogen (secondary N) is 1. The van der Waals surface area contributed by atoms with Crippen LogP contribution in [0.1, 0.15) is 18.4 Å². The number of alkyl carbamates (subject to hydrolysis) is 1. The smallest absolute Gasteiger partial charge is 0.407 e. The van der Waals surface area contributed by atoms with Gasteiger partial charge in [0, 0.05) is 13.5 Å². The maximum Gasteiger partial charge on any atom is 0.407 e. The lowest BCUT2D eigenvalue weighted by Crippen LogP contribution is -2.40. The summed E-state index contributed by atoms with van der Waals surface area (Å²) in [7, 11) is 2.66. The second-order valence-corrected chi connectivity index (χ2v) is 4.85. The zero-order chi connectivity index (χ0) is 17.1. The Morgan fingerprint density at radius 3 is 2.43 bits per heavy atom. The molecule has 0 heterocycles. The van der Waals surface area contributed by atoms with Crippen molar-refractivity contribution in [1.82, 2.24) is 5.32 Å². The molecule has 0 saturated carbocycles. The molecule has 0 spiro atoms. The zero-order valence-corrected chi connectivity index (χ0v) is 13.2. The van der Waals surface area contributed by atoms with Crippen LogP contribution < -0.4 is 5.32 Å². The third-order valence-corrected chi connectivity index (χ3v) is 2.95. The number of ether oxygens (including phenoxy) is 3. The molecule has 126 valence electrons. The van der Waals surface area contributed by atoms with Crippen molar-refractivity contribution in [2.24, 2.45) is 0 Å².